The first kappa shape index (κ1) is 7.91. The Labute approximate surface area is 94.0 Å². The number of aromatic amines is 1. The fourth-order valence-corrected chi connectivity index (χ4v) is 3.95. The summed E-state index contributed by atoms with van der Waals surface area (Å²) in [5.74, 6) is 0. The van der Waals surface area contributed by atoms with Gasteiger partial charge < -0.3 is 4.98 Å². The lowest BCUT2D eigenvalue weighted by Crippen LogP contribution is -1.66. The summed E-state index contributed by atoms with van der Waals surface area (Å²) >= 11 is 3.67. The van der Waals surface area contributed by atoms with Crippen molar-refractivity contribution >= 4 is 53.1 Å². The van der Waals surface area contributed by atoms with E-state index in [0.29, 0.717) is 0 Å². The molecule has 3 aromatic heterocycles. The minimum absolute atomic E-state index is 1.28. The van der Waals surface area contributed by atoms with E-state index in [9.17, 15) is 0 Å². The molecule has 0 spiro atoms. The van der Waals surface area contributed by atoms with Crippen LogP contribution in [0.2, 0.25) is 0 Å². The second-order valence-electron chi connectivity index (χ2n) is 3.63. The summed E-state index contributed by atoms with van der Waals surface area (Å²) in [4.78, 5) is 3.31. The monoisotopic (exact) mass is 229 g/mol. The number of aromatic nitrogens is 1. The number of hydrogen-bond acceptors (Lipinski definition) is 2. The van der Waals surface area contributed by atoms with Gasteiger partial charge in [-0.25, -0.2) is 0 Å². The second-order valence-corrected chi connectivity index (χ2v) is 5.66. The number of fused-ring (bicyclic) bond motifs is 4. The average molecular weight is 229 g/mol. The molecule has 0 fully saturated rings. The molecule has 3 heterocycles. The molecule has 0 radical (unpaired) electrons. The number of rotatable bonds is 0. The Balaban J connectivity index is 2.35. The van der Waals surface area contributed by atoms with Crippen LogP contribution in [0.5, 0.6) is 0 Å². The van der Waals surface area contributed by atoms with E-state index in [2.05, 4.69) is 34.6 Å². The van der Waals surface area contributed by atoms with Crippen molar-refractivity contribution in [1.82, 2.24) is 4.98 Å². The maximum absolute atomic E-state index is 3.31. The van der Waals surface area contributed by atoms with E-state index in [1.54, 1.807) is 0 Å². The number of H-pyrrole nitrogens is 1. The Hall–Kier alpha value is -1.32. The first-order chi connectivity index (χ1) is 7.42. The SMILES string of the molecule is c1cc2sc3cc4ccsc4cc3c2[nH]1. The lowest BCUT2D eigenvalue weighted by molar-refractivity contribution is 1.49. The molecule has 0 saturated heterocycles. The van der Waals surface area contributed by atoms with Crippen molar-refractivity contribution < 1.29 is 0 Å². The minimum Gasteiger partial charge on any atom is -0.360 e. The van der Waals surface area contributed by atoms with Gasteiger partial charge in [-0.05, 0) is 35.0 Å². The molecule has 3 heteroatoms. The third-order valence-electron chi connectivity index (χ3n) is 2.75. The second kappa shape index (κ2) is 2.62. The number of hydrogen-bond donors (Lipinski definition) is 1. The van der Waals surface area contributed by atoms with E-state index < -0.39 is 0 Å². The summed E-state index contributed by atoms with van der Waals surface area (Å²) in [7, 11) is 0. The molecule has 0 bridgehead atoms. The molecule has 0 aliphatic heterocycles. The van der Waals surface area contributed by atoms with Crippen LogP contribution in [0, 0.1) is 0 Å². The Morgan fingerprint density at radius 1 is 1.00 bits per heavy atom. The zero-order valence-corrected chi connectivity index (χ0v) is 9.41. The molecular weight excluding hydrogens is 222 g/mol. The van der Waals surface area contributed by atoms with Crippen molar-refractivity contribution in [3.05, 3.63) is 35.8 Å². The molecule has 0 amide bonds. The first-order valence-corrected chi connectivity index (χ1v) is 6.48. The van der Waals surface area contributed by atoms with E-state index >= 15 is 0 Å². The van der Waals surface area contributed by atoms with E-state index in [1.807, 2.05) is 28.9 Å². The Morgan fingerprint density at radius 3 is 3.00 bits per heavy atom. The van der Waals surface area contributed by atoms with Gasteiger partial charge >= 0.3 is 0 Å². The predicted molar refractivity (Wildman–Crippen MR) is 69.1 cm³/mol. The smallest absolute Gasteiger partial charge is 0.0644 e. The van der Waals surface area contributed by atoms with Gasteiger partial charge in [-0.2, -0.15) is 0 Å². The standard InChI is InChI=1S/C12H7NS2/c1-3-13-12-8-6-10-7(2-4-14-10)5-11(8)15-9(1)12/h1-6,13H. The highest BCUT2D eigenvalue weighted by Crippen LogP contribution is 2.36. The van der Waals surface area contributed by atoms with E-state index in [0.717, 1.165) is 0 Å². The minimum atomic E-state index is 1.28. The summed E-state index contributed by atoms with van der Waals surface area (Å²) in [6.45, 7) is 0. The van der Waals surface area contributed by atoms with Crippen LogP contribution in [0.1, 0.15) is 0 Å². The lowest BCUT2D eigenvalue weighted by atomic mass is 10.2. The molecule has 1 nitrogen and oxygen atoms in total. The molecule has 0 atom stereocenters. The fourth-order valence-electron chi connectivity index (χ4n) is 2.04. The molecule has 0 aliphatic rings. The Kier molecular flexibility index (Phi) is 1.38. The Bertz CT molecular complexity index is 766. The number of nitrogens with one attached hydrogen (secondary N) is 1. The zero-order valence-electron chi connectivity index (χ0n) is 7.78. The van der Waals surface area contributed by atoms with Crippen LogP contribution in [-0.4, -0.2) is 4.98 Å². The summed E-state index contributed by atoms with van der Waals surface area (Å²) in [6.07, 6.45) is 2.01. The Morgan fingerprint density at radius 2 is 2.00 bits per heavy atom. The topological polar surface area (TPSA) is 15.8 Å². The normalized spacial score (nSPS) is 12.0. The van der Waals surface area contributed by atoms with Crippen LogP contribution < -0.4 is 0 Å². The van der Waals surface area contributed by atoms with Crippen LogP contribution in [0.15, 0.2) is 35.8 Å². The summed E-state index contributed by atoms with van der Waals surface area (Å²) in [6, 6.07) is 8.92. The van der Waals surface area contributed by atoms with Gasteiger partial charge in [0.2, 0.25) is 0 Å². The zero-order chi connectivity index (χ0) is 9.83. The van der Waals surface area contributed by atoms with Gasteiger partial charge in [-0.15, -0.1) is 22.7 Å². The maximum Gasteiger partial charge on any atom is 0.0644 e. The van der Waals surface area contributed by atoms with E-state index in [1.165, 1.54) is 30.4 Å². The summed E-state index contributed by atoms with van der Waals surface area (Å²) in [5.41, 5.74) is 1.28. The molecule has 0 aliphatic carbocycles. The third-order valence-corrected chi connectivity index (χ3v) is 4.75. The molecule has 0 saturated carbocycles. The van der Waals surface area contributed by atoms with Crippen molar-refractivity contribution in [3.8, 4) is 0 Å². The van der Waals surface area contributed by atoms with Gasteiger partial charge in [-0.3, -0.25) is 0 Å². The quantitative estimate of drug-likeness (QED) is 0.453. The van der Waals surface area contributed by atoms with Crippen LogP contribution in [0.4, 0.5) is 0 Å². The van der Waals surface area contributed by atoms with Gasteiger partial charge in [0.15, 0.2) is 0 Å². The van der Waals surface area contributed by atoms with Gasteiger partial charge in [0.25, 0.3) is 0 Å². The van der Waals surface area contributed by atoms with Crippen molar-refractivity contribution in [2.24, 2.45) is 0 Å². The molecule has 1 N–H and O–H groups in total. The number of benzene rings is 1. The van der Waals surface area contributed by atoms with Gasteiger partial charge in [0.1, 0.15) is 0 Å². The van der Waals surface area contributed by atoms with Crippen LogP contribution in [0.3, 0.4) is 0 Å². The highest BCUT2D eigenvalue weighted by atomic mass is 32.1. The number of thiophene rings is 2. The van der Waals surface area contributed by atoms with Crippen molar-refractivity contribution in [2.75, 3.05) is 0 Å². The van der Waals surface area contributed by atoms with Gasteiger partial charge in [0.05, 0.1) is 10.2 Å². The van der Waals surface area contributed by atoms with Crippen molar-refractivity contribution in [1.29, 1.82) is 0 Å². The first-order valence-electron chi connectivity index (χ1n) is 4.79. The summed E-state index contributed by atoms with van der Waals surface area (Å²) < 4.78 is 4.10. The summed E-state index contributed by atoms with van der Waals surface area (Å²) in [5, 5.41) is 4.87. The lowest BCUT2D eigenvalue weighted by Gasteiger charge is -1.91. The molecular formula is C12H7NS2. The van der Waals surface area contributed by atoms with Crippen molar-refractivity contribution in [3.63, 3.8) is 0 Å². The highest BCUT2D eigenvalue weighted by molar-refractivity contribution is 7.26. The molecule has 72 valence electrons. The molecule has 15 heavy (non-hydrogen) atoms. The van der Waals surface area contributed by atoms with Crippen LogP contribution in [0.25, 0.3) is 30.4 Å². The molecule has 4 rings (SSSR count). The molecule has 0 unspecified atom stereocenters. The van der Waals surface area contributed by atoms with Gasteiger partial charge in [0, 0.05) is 21.0 Å². The third kappa shape index (κ3) is 0.967. The molecule has 1 aromatic carbocycles. The average Bonchev–Trinajstić information content (AvgIpc) is 2.86. The maximum atomic E-state index is 3.31. The van der Waals surface area contributed by atoms with Gasteiger partial charge in [-0.1, -0.05) is 0 Å². The van der Waals surface area contributed by atoms with E-state index in [-0.39, 0.29) is 0 Å². The largest absolute Gasteiger partial charge is 0.360 e. The fraction of sp³-hybridized carbons (Fsp3) is 0. The predicted octanol–water partition coefficient (Wildman–Crippen LogP) is 4.60. The van der Waals surface area contributed by atoms with Crippen molar-refractivity contribution in [2.45, 2.75) is 0 Å². The highest BCUT2D eigenvalue weighted by Gasteiger charge is 2.07. The van der Waals surface area contributed by atoms with Crippen LogP contribution in [-0.2, 0) is 0 Å². The van der Waals surface area contributed by atoms with Crippen LogP contribution >= 0.6 is 22.7 Å². The molecule has 4 aromatic rings. The van der Waals surface area contributed by atoms with E-state index in [4.69, 9.17) is 0 Å².